The second-order valence-corrected chi connectivity index (χ2v) is 8.76. The molecule has 27 heavy (non-hydrogen) atoms. The zero-order chi connectivity index (χ0) is 18.8. The van der Waals surface area contributed by atoms with Gasteiger partial charge in [0.2, 0.25) is 5.91 Å². The van der Waals surface area contributed by atoms with E-state index < -0.39 is 0 Å². The molecule has 1 aliphatic carbocycles. The predicted octanol–water partition coefficient (Wildman–Crippen LogP) is 4.14. The van der Waals surface area contributed by atoms with Gasteiger partial charge in [0.25, 0.3) is 0 Å². The van der Waals surface area contributed by atoms with Gasteiger partial charge in [-0.3, -0.25) is 4.79 Å². The van der Waals surface area contributed by atoms with E-state index in [2.05, 4.69) is 41.4 Å². The van der Waals surface area contributed by atoms with E-state index >= 15 is 0 Å². The Balaban J connectivity index is 1.42. The Morgan fingerprint density at radius 2 is 2.15 bits per heavy atom. The van der Waals surface area contributed by atoms with Crippen molar-refractivity contribution in [2.24, 2.45) is 7.05 Å². The van der Waals surface area contributed by atoms with E-state index in [1.807, 2.05) is 34.0 Å². The SMILES string of the molecule is Cc1cccc(CN(C(=O)CSc2nnc(-c3cccs3)n2C)C2CC2)c1. The van der Waals surface area contributed by atoms with Crippen molar-refractivity contribution in [3.8, 4) is 10.7 Å². The van der Waals surface area contributed by atoms with Gasteiger partial charge in [-0.25, -0.2) is 0 Å². The fourth-order valence-corrected chi connectivity index (χ4v) is 4.63. The molecule has 0 unspecified atom stereocenters. The number of carbonyl (C=O) groups is 1. The van der Waals surface area contributed by atoms with Gasteiger partial charge in [0.05, 0.1) is 10.6 Å². The molecule has 3 aromatic rings. The van der Waals surface area contributed by atoms with Gasteiger partial charge in [0.1, 0.15) is 0 Å². The summed E-state index contributed by atoms with van der Waals surface area (Å²) in [6, 6.07) is 12.8. The van der Waals surface area contributed by atoms with Crippen molar-refractivity contribution < 1.29 is 4.79 Å². The lowest BCUT2D eigenvalue weighted by Gasteiger charge is -2.22. The Morgan fingerprint density at radius 1 is 1.30 bits per heavy atom. The van der Waals surface area contributed by atoms with Crippen molar-refractivity contribution in [2.75, 3.05) is 5.75 Å². The molecule has 1 fully saturated rings. The third-order valence-electron chi connectivity index (χ3n) is 4.64. The second kappa shape index (κ2) is 7.86. The van der Waals surface area contributed by atoms with E-state index in [4.69, 9.17) is 0 Å². The zero-order valence-electron chi connectivity index (χ0n) is 15.5. The average Bonchev–Trinajstić information content (AvgIpc) is 3.22. The van der Waals surface area contributed by atoms with Crippen LogP contribution in [0.15, 0.2) is 46.9 Å². The van der Waals surface area contributed by atoms with Crippen LogP contribution < -0.4 is 0 Å². The van der Waals surface area contributed by atoms with Gasteiger partial charge in [-0.2, -0.15) is 0 Å². The third kappa shape index (κ3) is 4.25. The van der Waals surface area contributed by atoms with E-state index in [0.29, 0.717) is 18.3 Å². The highest BCUT2D eigenvalue weighted by Crippen LogP contribution is 2.30. The number of aryl methyl sites for hydroxylation is 1. The first-order chi connectivity index (χ1) is 13.1. The van der Waals surface area contributed by atoms with Crippen molar-refractivity contribution in [2.45, 2.75) is 37.5 Å². The summed E-state index contributed by atoms with van der Waals surface area (Å²) >= 11 is 3.10. The summed E-state index contributed by atoms with van der Waals surface area (Å²) in [5, 5.41) is 11.4. The van der Waals surface area contributed by atoms with Crippen LogP contribution in [0.4, 0.5) is 0 Å². The van der Waals surface area contributed by atoms with Crippen LogP contribution in [0.2, 0.25) is 0 Å². The lowest BCUT2D eigenvalue weighted by Crippen LogP contribution is -2.34. The van der Waals surface area contributed by atoms with E-state index in [0.717, 1.165) is 28.7 Å². The molecule has 1 amide bonds. The highest BCUT2D eigenvalue weighted by atomic mass is 32.2. The molecule has 2 aromatic heterocycles. The van der Waals surface area contributed by atoms with Gasteiger partial charge in [-0.05, 0) is 36.8 Å². The molecule has 2 heterocycles. The summed E-state index contributed by atoms with van der Waals surface area (Å²) in [4.78, 5) is 16.0. The first-order valence-electron chi connectivity index (χ1n) is 9.03. The maximum Gasteiger partial charge on any atom is 0.233 e. The molecule has 0 saturated heterocycles. The first-order valence-corrected chi connectivity index (χ1v) is 10.9. The molecule has 140 valence electrons. The quantitative estimate of drug-likeness (QED) is 0.562. The minimum atomic E-state index is 0.171. The van der Waals surface area contributed by atoms with E-state index in [-0.39, 0.29) is 5.91 Å². The summed E-state index contributed by atoms with van der Waals surface area (Å²) in [5.74, 6) is 1.40. The first kappa shape index (κ1) is 18.3. The molecule has 7 heteroatoms. The normalized spacial score (nSPS) is 13.7. The Morgan fingerprint density at radius 3 is 2.85 bits per heavy atom. The molecule has 0 N–H and O–H groups in total. The predicted molar refractivity (Wildman–Crippen MR) is 110 cm³/mol. The van der Waals surface area contributed by atoms with Gasteiger partial charge in [-0.15, -0.1) is 21.5 Å². The molecule has 0 aliphatic heterocycles. The van der Waals surface area contributed by atoms with E-state index in [9.17, 15) is 4.79 Å². The van der Waals surface area contributed by atoms with Crippen LogP contribution in [0.3, 0.4) is 0 Å². The van der Waals surface area contributed by atoms with Gasteiger partial charge >= 0.3 is 0 Å². The van der Waals surface area contributed by atoms with Crippen LogP contribution in [0.25, 0.3) is 10.7 Å². The second-order valence-electron chi connectivity index (χ2n) is 6.87. The van der Waals surface area contributed by atoms with Crippen LogP contribution in [0.5, 0.6) is 0 Å². The number of thioether (sulfide) groups is 1. The number of aromatic nitrogens is 3. The molecule has 0 radical (unpaired) electrons. The lowest BCUT2D eigenvalue weighted by molar-refractivity contribution is -0.129. The summed E-state index contributed by atoms with van der Waals surface area (Å²) in [7, 11) is 1.95. The summed E-state index contributed by atoms with van der Waals surface area (Å²) in [6.07, 6.45) is 2.21. The van der Waals surface area contributed by atoms with Crippen molar-refractivity contribution >= 4 is 29.0 Å². The number of amides is 1. The third-order valence-corrected chi connectivity index (χ3v) is 6.52. The number of hydrogen-bond acceptors (Lipinski definition) is 5. The number of nitrogens with zero attached hydrogens (tertiary/aromatic N) is 4. The number of carbonyl (C=O) groups excluding carboxylic acids is 1. The molecule has 0 bridgehead atoms. The number of thiophene rings is 1. The number of benzene rings is 1. The monoisotopic (exact) mass is 398 g/mol. The molecule has 1 aliphatic rings. The lowest BCUT2D eigenvalue weighted by atomic mass is 10.1. The van der Waals surface area contributed by atoms with Gasteiger partial charge < -0.3 is 9.47 Å². The number of rotatable bonds is 7. The minimum absolute atomic E-state index is 0.171. The molecule has 5 nitrogen and oxygen atoms in total. The molecular formula is C20H22N4OS2. The standard InChI is InChI=1S/C20H22N4OS2/c1-14-5-3-6-15(11-14)12-24(16-8-9-16)18(25)13-27-20-22-21-19(23(20)2)17-7-4-10-26-17/h3-7,10-11,16H,8-9,12-13H2,1-2H3. The highest BCUT2D eigenvalue weighted by Gasteiger charge is 2.32. The van der Waals surface area contributed by atoms with Gasteiger partial charge in [0.15, 0.2) is 11.0 Å². The smallest absolute Gasteiger partial charge is 0.233 e. The molecule has 1 saturated carbocycles. The molecule has 0 spiro atoms. The topological polar surface area (TPSA) is 51.0 Å². The fourth-order valence-electron chi connectivity index (χ4n) is 3.08. The Hall–Kier alpha value is -2.12. The molecule has 1 aromatic carbocycles. The van der Waals surface area contributed by atoms with Gasteiger partial charge in [0, 0.05) is 19.6 Å². The van der Waals surface area contributed by atoms with Crippen LogP contribution in [0.1, 0.15) is 24.0 Å². The summed E-state index contributed by atoms with van der Waals surface area (Å²) in [6.45, 7) is 2.77. The van der Waals surface area contributed by atoms with Crippen LogP contribution in [-0.4, -0.2) is 37.4 Å². The Bertz CT molecular complexity index is 931. The Kier molecular flexibility index (Phi) is 5.31. The minimum Gasteiger partial charge on any atom is -0.335 e. The average molecular weight is 399 g/mol. The van der Waals surface area contributed by atoms with E-state index in [1.165, 1.54) is 22.9 Å². The van der Waals surface area contributed by atoms with Crippen LogP contribution in [-0.2, 0) is 18.4 Å². The Labute approximate surface area is 167 Å². The number of hydrogen-bond donors (Lipinski definition) is 0. The van der Waals surface area contributed by atoms with E-state index in [1.54, 1.807) is 11.3 Å². The fraction of sp³-hybridized carbons (Fsp3) is 0.350. The van der Waals surface area contributed by atoms with Crippen LogP contribution in [0, 0.1) is 6.92 Å². The van der Waals surface area contributed by atoms with Gasteiger partial charge in [-0.1, -0.05) is 47.7 Å². The van der Waals surface area contributed by atoms with Crippen molar-refractivity contribution in [3.05, 3.63) is 52.9 Å². The summed E-state index contributed by atoms with van der Waals surface area (Å²) < 4.78 is 1.96. The summed E-state index contributed by atoms with van der Waals surface area (Å²) in [5.41, 5.74) is 2.42. The molecular weight excluding hydrogens is 376 g/mol. The largest absolute Gasteiger partial charge is 0.335 e. The maximum absolute atomic E-state index is 12.9. The van der Waals surface area contributed by atoms with Crippen LogP contribution >= 0.6 is 23.1 Å². The molecule has 0 atom stereocenters. The van der Waals surface area contributed by atoms with Crippen molar-refractivity contribution in [1.29, 1.82) is 0 Å². The molecule has 4 rings (SSSR count). The zero-order valence-corrected chi connectivity index (χ0v) is 17.1. The maximum atomic E-state index is 12.9. The van der Waals surface area contributed by atoms with Crippen molar-refractivity contribution in [3.63, 3.8) is 0 Å². The van der Waals surface area contributed by atoms with Crippen molar-refractivity contribution in [1.82, 2.24) is 19.7 Å². The highest BCUT2D eigenvalue weighted by molar-refractivity contribution is 7.99.